The van der Waals surface area contributed by atoms with Crippen LogP contribution in [0.4, 0.5) is 0 Å². The molecule has 0 bridgehead atoms. The van der Waals surface area contributed by atoms with Crippen LogP contribution in [-0.4, -0.2) is 4.98 Å². The van der Waals surface area contributed by atoms with Gasteiger partial charge in [-0.25, -0.2) is 0 Å². The molecule has 0 saturated heterocycles. The Bertz CT molecular complexity index is 624. The minimum Gasteiger partial charge on any atom is -0.264 e. The number of hydrogen-bond donors (Lipinski definition) is 0. The van der Waals surface area contributed by atoms with Gasteiger partial charge >= 0.3 is 0 Å². The van der Waals surface area contributed by atoms with E-state index >= 15 is 0 Å². The standard InChI is InChI=1S/C17H17BrClN/c1-17(2,3)13-6-4-12(5-7-13)10-16(19)14-8-9-20-11-15(14)18/h4-11H,1-3H3/b16-10+. The van der Waals surface area contributed by atoms with Crippen LogP contribution in [0.2, 0.25) is 0 Å². The van der Waals surface area contributed by atoms with Crippen molar-refractivity contribution >= 4 is 38.6 Å². The SMILES string of the molecule is CC(C)(C)c1ccc(/C=C(/Cl)c2ccncc2Br)cc1. The lowest BCUT2D eigenvalue weighted by Crippen LogP contribution is -2.10. The van der Waals surface area contributed by atoms with Gasteiger partial charge in [-0.15, -0.1) is 0 Å². The van der Waals surface area contributed by atoms with Crippen LogP contribution in [0.25, 0.3) is 11.1 Å². The van der Waals surface area contributed by atoms with E-state index in [1.807, 2.05) is 12.1 Å². The molecule has 3 heteroatoms. The summed E-state index contributed by atoms with van der Waals surface area (Å²) in [4.78, 5) is 4.04. The molecule has 0 fully saturated rings. The van der Waals surface area contributed by atoms with Gasteiger partial charge in [0.15, 0.2) is 0 Å². The lowest BCUT2D eigenvalue weighted by atomic mass is 9.87. The molecule has 0 N–H and O–H groups in total. The van der Waals surface area contributed by atoms with Crippen molar-refractivity contribution in [3.8, 4) is 0 Å². The Labute approximate surface area is 133 Å². The average molecular weight is 351 g/mol. The van der Waals surface area contributed by atoms with Crippen LogP contribution < -0.4 is 0 Å². The molecule has 0 aliphatic carbocycles. The molecule has 0 atom stereocenters. The first kappa shape index (κ1) is 15.3. The highest BCUT2D eigenvalue weighted by Gasteiger charge is 2.12. The van der Waals surface area contributed by atoms with Crippen LogP contribution in [-0.2, 0) is 5.41 Å². The molecule has 2 aromatic rings. The zero-order chi connectivity index (χ0) is 14.8. The van der Waals surface area contributed by atoms with E-state index in [0.717, 1.165) is 15.6 Å². The largest absolute Gasteiger partial charge is 0.264 e. The Hall–Kier alpha value is -1.12. The molecule has 0 spiro atoms. The van der Waals surface area contributed by atoms with Gasteiger partial charge in [-0.2, -0.15) is 0 Å². The van der Waals surface area contributed by atoms with Gasteiger partial charge in [0.2, 0.25) is 0 Å². The van der Waals surface area contributed by atoms with Crippen molar-refractivity contribution in [1.29, 1.82) is 0 Å². The molecule has 0 unspecified atom stereocenters. The van der Waals surface area contributed by atoms with E-state index in [2.05, 4.69) is 66.0 Å². The maximum atomic E-state index is 6.38. The Morgan fingerprint density at radius 1 is 1.15 bits per heavy atom. The van der Waals surface area contributed by atoms with Crippen molar-refractivity contribution in [2.45, 2.75) is 26.2 Å². The van der Waals surface area contributed by atoms with Gasteiger partial charge in [0.05, 0.1) is 0 Å². The molecule has 20 heavy (non-hydrogen) atoms. The van der Waals surface area contributed by atoms with E-state index in [0.29, 0.717) is 5.03 Å². The topological polar surface area (TPSA) is 12.9 Å². The first-order valence-electron chi connectivity index (χ1n) is 6.45. The molecular formula is C17H17BrClN. The predicted molar refractivity (Wildman–Crippen MR) is 90.8 cm³/mol. The summed E-state index contributed by atoms with van der Waals surface area (Å²) in [6.07, 6.45) is 5.45. The van der Waals surface area contributed by atoms with Crippen molar-refractivity contribution in [3.63, 3.8) is 0 Å². The lowest BCUT2D eigenvalue weighted by Gasteiger charge is -2.18. The maximum Gasteiger partial charge on any atom is 0.0496 e. The molecule has 0 saturated carbocycles. The Kier molecular flexibility index (Phi) is 4.66. The van der Waals surface area contributed by atoms with E-state index < -0.39 is 0 Å². The highest BCUT2D eigenvalue weighted by Crippen LogP contribution is 2.29. The Morgan fingerprint density at radius 2 is 1.80 bits per heavy atom. The quantitative estimate of drug-likeness (QED) is 0.659. The van der Waals surface area contributed by atoms with Gasteiger partial charge < -0.3 is 0 Å². The highest BCUT2D eigenvalue weighted by molar-refractivity contribution is 9.10. The molecule has 0 amide bonds. The van der Waals surface area contributed by atoms with Gasteiger partial charge in [-0.05, 0) is 44.6 Å². The lowest BCUT2D eigenvalue weighted by molar-refractivity contribution is 0.590. The molecular weight excluding hydrogens is 334 g/mol. The van der Waals surface area contributed by atoms with Crippen molar-refractivity contribution in [2.24, 2.45) is 0 Å². The fourth-order valence-corrected chi connectivity index (χ4v) is 2.74. The molecule has 0 radical (unpaired) electrons. The predicted octanol–water partition coefficient (Wildman–Crippen LogP) is 5.88. The van der Waals surface area contributed by atoms with Crippen molar-refractivity contribution in [1.82, 2.24) is 4.98 Å². The van der Waals surface area contributed by atoms with E-state index in [1.165, 1.54) is 5.56 Å². The summed E-state index contributed by atoms with van der Waals surface area (Å²) < 4.78 is 0.896. The summed E-state index contributed by atoms with van der Waals surface area (Å²) in [6, 6.07) is 10.4. The van der Waals surface area contributed by atoms with Crippen LogP contribution in [0.3, 0.4) is 0 Å². The zero-order valence-electron chi connectivity index (χ0n) is 11.8. The van der Waals surface area contributed by atoms with Crippen molar-refractivity contribution < 1.29 is 0 Å². The van der Waals surface area contributed by atoms with E-state index in [-0.39, 0.29) is 5.41 Å². The smallest absolute Gasteiger partial charge is 0.0496 e. The highest BCUT2D eigenvalue weighted by atomic mass is 79.9. The normalized spacial score (nSPS) is 12.6. The van der Waals surface area contributed by atoms with Gasteiger partial charge in [-0.3, -0.25) is 4.98 Å². The third-order valence-electron chi connectivity index (χ3n) is 3.10. The third-order valence-corrected chi connectivity index (χ3v) is 4.04. The fourth-order valence-electron chi connectivity index (χ4n) is 1.87. The van der Waals surface area contributed by atoms with Crippen LogP contribution in [0.5, 0.6) is 0 Å². The fraction of sp³-hybridized carbons (Fsp3) is 0.235. The number of rotatable bonds is 2. The summed E-state index contributed by atoms with van der Waals surface area (Å²) >= 11 is 9.84. The molecule has 1 nitrogen and oxygen atoms in total. The van der Waals surface area contributed by atoms with Gasteiger partial charge in [0.1, 0.15) is 0 Å². The first-order valence-corrected chi connectivity index (χ1v) is 7.62. The number of benzene rings is 1. The van der Waals surface area contributed by atoms with E-state index in [1.54, 1.807) is 12.4 Å². The van der Waals surface area contributed by atoms with E-state index in [4.69, 9.17) is 11.6 Å². The Balaban J connectivity index is 2.29. The van der Waals surface area contributed by atoms with Crippen LogP contribution in [0.1, 0.15) is 37.5 Å². The van der Waals surface area contributed by atoms with Crippen molar-refractivity contribution in [3.05, 3.63) is 63.9 Å². The second-order valence-corrected chi connectivity index (χ2v) is 6.98. The minimum absolute atomic E-state index is 0.167. The molecule has 0 aliphatic rings. The monoisotopic (exact) mass is 349 g/mol. The molecule has 1 heterocycles. The van der Waals surface area contributed by atoms with Crippen molar-refractivity contribution in [2.75, 3.05) is 0 Å². The van der Waals surface area contributed by atoms with Gasteiger partial charge in [0, 0.05) is 27.5 Å². The second kappa shape index (κ2) is 6.11. The summed E-state index contributed by atoms with van der Waals surface area (Å²) in [5, 5.41) is 0.697. The number of aromatic nitrogens is 1. The number of halogens is 2. The molecule has 1 aromatic heterocycles. The minimum atomic E-state index is 0.167. The molecule has 104 valence electrons. The zero-order valence-corrected chi connectivity index (χ0v) is 14.2. The number of pyridine rings is 1. The summed E-state index contributed by atoms with van der Waals surface area (Å²) in [5.74, 6) is 0. The van der Waals surface area contributed by atoms with Crippen LogP contribution in [0, 0.1) is 0 Å². The second-order valence-electron chi connectivity index (χ2n) is 5.72. The van der Waals surface area contributed by atoms with E-state index in [9.17, 15) is 0 Å². The van der Waals surface area contributed by atoms with Crippen LogP contribution in [0.15, 0.2) is 47.2 Å². The van der Waals surface area contributed by atoms with Gasteiger partial charge in [0.25, 0.3) is 0 Å². The number of nitrogens with zero attached hydrogens (tertiary/aromatic N) is 1. The molecule has 2 rings (SSSR count). The Morgan fingerprint density at radius 3 is 2.35 bits per heavy atom. The number of hydrogen-bond acceptors (Lipinski definition) is 1. The third kappa shape index (κ3) is 3.71. The van der Waals surface area contributed by atoms with Gasteiger partial charge in [-0.1, -0.05) is 56.6 Å². The summed E-state index contributed by atoms with van der Waals surface area (Å²) in [6.45, 7) is 6.62. The summed E-state index contributed by atoms with van der Waals surface area (Å²) in [5.41, 5.74) is 3.52. The average Bonchev–Trinajstić information content (AvgIpc) is 2.38. The molecule has 0 aliphatic heterocycles. The molecule has 1 aromatic carbocycles. The van der Waals surface area contributed by atoms with Crippen LogP contribution >= 0.6 is 27.5 Å². The summed E-state index contributed by atoms with van der Waals surface area (Å²) in [7, 11) is 0. The first-order chi connectivity index (χ1) is 9.38. The maximum absolute atomic E-state index is 6.38.